The first-order valence-corrected chi connectivity index (χ1v) is 5.71. The molecule has 2 fully saturated rings. The van der Waals surface area contributed by atoms with Gasteiger partial charge in [0.05, 0.1) is 6.04 Å². The van der Waals surface area contributed by atoms with Gasteiger partial charge in [0.1, 0.15) is 0 Å². The lowest BCUT2D eigenvalue weighted by Crippen LogP contribution is -2.44. The standard InChI is InChI=1S/C11H20N2O/c1-11(5-6-11)8-13-9-4-2-3-7-12-10(9)14/h9,13H,2-8H2,1H3,(H,12,14). The monoisotopic (exact) mass is 196 g/mol. The normalized spacial score (nSPS) is 30.6. The van der Waals surface area contributed by atoms with E-state index >= 15 is 0 Å². The fourth-order valence-electron chi connectivity index (χ4n) is 1.89. The van der Waals surface area contributed by atoms with Gasteiger partial charge in [-0.3, -0.25) is 4.79 Å². The average Bonchev–Trinajstić information content (AvgIpc) is 2.90. The first kappa shape index (κ1) is 9.97. The second kappa shape index (κ2) is 3.89. The van der Waals surface area contributed by atoms with Gasteiger partial charge in [-0.05, 0) is 37.5 Å². The number of carbonyl (C=O) groups is 1. The van der Waals surface area contributed by atoms with Crippen molar-refractivity contribution in [1.29, 1.82) is 0 Å². The van der Waals surface area contributed by atoms with Crippen molar-refractivity contribution >= 4 is 5.91 Å². The Hall–Kier alpha value is -0.570. The summed E-state index contributed by atoms with van der Waals surface area (Å²) < 4.78 is 0. The van der Waals surface area contributed by atoms with Crippen molar-refractivity contribution in [2.24, 2.45) is 5.41 Å². The van der Waals surface area contributed by atoms with E-state index in [1.165, 1.54) is 12.8 Å². The smallest absolute Gasteiger partial charge is 0.237 e. The number of carbonyl (C=O) groups excluding carboxylic acids is 1. The molecule has 0 spiro atoms. The van der Waals surface area contributed by atoms with Crippen LogP contribution in [0.15, 0.2) is 0 Å². The van der Waals surface area contributed by atoms with Gasteiger partial charge in [-0.25, -0.2) is 0 Å². The molecule has 1 saturated carbocycles. The van der Waals surface area contributed by atoms with Gasteiger partial charge in [0.25, 0.3) is 0 Å². The van der Waals surface area contributed by atoms with E-state index in [9.17, 15) is 4.79 Å². The highest BCUT2D eigenvalue weighted by atomic mass is 16.2. The van der Waals surface area contributed by atoms with E-state index in [1.54, 1.807) is 0 Å². The van der Waals surface area contributed by atoms with Crippen molar-refractivity contribution in [2.75, 3.05) is 13.1 Å². The highest BCUT2D eigenvalue weighted by Gasteiger charge is 2.37. The van der Waals surface area contributed by atoms with Crippen molar-refractivity contribution in [1.82, 2.24) is 10.6 Å². The minimum atomic E-state index is 0.0647. The van der Waals surface area contributed by atoms with Crippen LogP contribution in [0, 0.1) is 5.41 Å². The lowest BCUT2D eigenvalue weighted by atomic mass is 10.1. The largest absolute Gasteiger partial charge is 0.355 e. The Balaban J connectivity index is 1.79. The van der Waals surface area contributed by atoms with Gasteiger partial charge in [0.15, 0.2) is 0 Å². The van der Waals surface area contributed by atoms with Crippen molar-refractivity contribution in [3.05, 3.63) is 0 Å². The van der Waals surface area contributed by atoms with Crippen molar-refractivity contribution < 1.29 is 4.79 Å². The molecular weight excluding hydrogens is 176 g/mol. The number of amides is 1. The van der Waals surface area contributed by atoms with Crippen LogP contribution in [-0.4, -0.2) is 25.0 Å². The maximum atomic E-state index is 11.6. The lowest BCUT2D eigenvalue weighted by molar-refractivity contribution is -0.122. The number of rotatable bonds is 3. The van der Waals surface area contributed by atoms with Gasteiger partial charge in [0.2, 0.25) is 5.91 Å². The maximum Gasteiger partial charge on any atom is 0.237 e. The van der Waals surface area contributed by atoms with E-state index in [2.05, 4.69) is 17.6 Å². The summed E-state index contributed by atoms with van der Waals surface area (Å²) in [5.74, 6) is 0.201. The molecule has 0 aromatic heterocycles. The SMILES string of the molecule is CC1(CNC2CCCCNC2=O)CC1. The van der Waals surface area contributed by atoms with Crippen LogP contribution < -0.4 is 10.6 Å². The molecule has 3 heteroatoms. The van der Waals surface area contributed by atoms with Crippen LogP contribution in [0.4, 0.5) is 0 Å². The molecule has 1 unspecified atom stereocenters. The summed E-state index contributed by atoms with van der Waals surface area (Å²) in [5.41, 5.74) is 0.493. The van der Waals surface area contributed by atoms with Gasteiger partial charge >= 0.3 is 0 Å². The quantitative estimate of drug-likeness (QED) is 0.708. The Morgan fingerprint density at radius 3 is 3.00 bits per heavy atom. The van der Waals surface area contributed by atoms with Crippen LogP contribution in [0.25, 0.3) is 0 Å². The first-order valence-electron chi connectivity index (χ1n) is 5.71. The van der Waals surface area contributed by atoms with Crippen molar-refractivity contribution in [3.63, 3.8) is 0 Å². The molecule has 1 amide bonds. The van der Waals surface area contributed by atoms with E-state index in [-0.39, 0.29) is 11.9 Å². The molecule has 3 nitrogen and oxygen atoms in total. The molecule has 0 aromatic rings. The molecule has 0 radical (unpaired) electrons. The molecule has 1 saturated heterocycles. The minimum absolute atomic E-state index is 0.0647. The molecule has 1 atom stereocenters. The Kier molecular flexibility index (Phi) is 2.77. The summed E-state index contributed by atoms with van der Waals surface area (Å²) in [7, 11) is 0. The van der Waals surface area contributed by atoms with Gasteiger partial charge in [-0.2, -0.15) is 0 Å². The lowest BCUT2D eigenvalue weighted by Gasteiger charge is -2.17. The number of hydrogen-bond donors (Lipinski definition) is 2. The molecule has 0 bridgehead atoms. The van der Waals surface area contributed by atoms with Crippen LogP contribution in [0.2, 0.25) is 0 Å². The van der Waals surface area contributed by atoms with Crippen LogP contribution in [0.1, 0.15) is 39.0 Å². The maximum absolute atomic E-state index is 11.6. The summed E-state index contributed by atoms with van der Waals surface area (Å²) >= 11 is 0. The summed E-state index contributed by atoms with van der Waals surface area (Å²) in [6.45, 7) is 4.15. The molecule has 0 aromatic carbocycles. The van der Waals surface area contributed by atoms with E-state index < -0.39 is 0 Å². The molecular formula is C11H20N2O. The zero-order valence-electron chi connectivity index (χ0n) is 8.94. The summed E-state index contributed by atoms with van der Waals surface area (Å²) in [6.07, 6.45) is 5.92. The fraction of sp³-hybridized carbons (Fsp3) is 0.909. The summed E-state index contributed by atoms with van der Waals surface area (Å²) in [5, 5.41) is 6.35. The first-order chi connectivity index (χ1) is 6.70. The molecule has 80 valence electrons. The zero-order chi connectivity index (χ0) is 10.0. The van der Waals surface area contributed by atoms with Crippen LogP contribution in [0.5, 0.6) is 0 Å². The third-order valence-corrected chi connectivity index (χ3v) is 3.41. The molecule has 2 aliphatic rings. The Bertz CT molecular complexity index is 223. The number of hydrogen-bond acceptors (Lipinski definition) is 2. The molecule has 2 N–H and O–H groups in total. The highest BCUT2D eigenvalue weighted by molar-refractivity contribution is 5.81. The van der Waals surface area contributed by atoms with Crippen LogP contribution in [-0.2, 0) is 4.79 Å². The molecule has 14 heavy (non-hydrogen) atoms. The second-order valence-electron chi connectivity index (χ2n) is 5.03. The van der Waals surface area contributed by atoms with Gasteiger partial charge < -0.3 is 10.6 Å². The molecule has 2 rings (SSSR count). The molecule has 1 aliphatic heterocycles. The van der Waals surface area contributed by atoms with Crippen LogP contribution >= 0.6 is 0 Å². The predicted molar refractivity (Wildman–Crippen MR) is 56.0 cm³/mol. The van der Waals surface area contributed by atoms with E-state index in [4.69, 9.17) is 0 Å². The van der Waals surface area contributed by atoms with Gasteiger partial charge in [0, 0.05) is 13.1 Å². The van der Waals surface area contributed by atoms with Crippen molar-refractivity contribution in [3.8, 4) is 0 Å². The van der Waals surface area contributed by atoms with Gasteiger partial charge in [-0.15, -0.1) is 0 Å². The van der Waals surface area contributed by atoms with E-state index in [0.717, 1.165) is 32.4 Å². The average molecular weight is 196 g/mol. The molecule has 1 heterocycles. The third-order valence-electron chi connectivity index (χ3n) is 3.41. The summed E-state index contributed by atoms with van der Waals surface area (Å²) in [6, 6.07) is 0.0647. The second-order valence-corrected chi connectivity index (χ2v) is 5.03. The highest BCUT2D eigenvalue weighted by Crippen LogP contribution is 2.44. The van der Waals surface area contributed by atoms with Gasteiger partial charge in [-0.1, -0.05) is 6.92 Å². The van der Waals surface area contributed by atoms with E-state index in [0.29, 0.717) is 5.41 Å². The number of nitrogens with one attached hydrogen (secondary N) is 2. The summed E-state index contributed by atoms with van der Waals surface area (Å²) in [4.78, 5) is 11.6. The molecule has 1 aliphatic carbocycles. The van der Waals surface area contributed by atoms with Crippen LogP contribution in [0.3, 0.4) is 0 Å². The van der Waals surface area contributed by atoms with Crippen molar-refractivity contribution in [2.45, 2.75) is 45.1 Å². The third kappa shape index (κ3) is 2.47. The zero-order valence-corrected chi connectivity index (χ0v) is 8.94. The fourth-order valence-corrected chi connectivity index (χ4v) is 1.89. The Morgan fingerprint density at radius 2 is 2.29 bits per heavy atom. The predicted octanol–water partition coefficient (Wildman–Crippen LogP) is 1.04. The minimum Gasteiger partial charge on any atom is -0.355 e. The van der Waals surface area contributed by atoms with E-state index in [1.807, 2.05) is 0 Å². The Morgan fingerprint density at radius 1 is 1.50 bits per heavy atom. The topological polar surface area (TPSA) is 41.1 Å². The Labute approximate surface area is 85.6 Å².